The third-order valence-electron chi connectivity index (χ3n) is 4.54. The van der Waals surface area contributed by atoms with E-state index in [-0.39, 0.29) is 11.5 Å². The Morgan fingerprint density at radius 1 is 1.15 bits per heavy atom. The number of nitrogens with zero attached hydrogens (tertiary/aromatic N) is 1. The molecule has 0 unspecified atom stereocenters. The number of nitrogens with two attached hydrogens (primary N) is 1. The molecule has 0 aromatic carbocycles. The van der Waals surface area contributed by atoms with E-state index in [1.54, 1.807) is 0 Å². The normalized spacial score (nSPS) is 23.8. The Morgan fingerprint density at radius 2 is 1.75 bits per heavy atom. The van der Waals surface area contributed by atoms with E-state index in [1.807, 2.05) is 0 Å². The Hall–Kier alpha value is -0.610. The van der Waals surface area contributed by atoms with Crippen molar-refractivity contribution in [1.29, 1.82) is 0 Å². The first-order valence-electron chi connectivity index (χ1n) is 8.26. The lowest BCUT2D eigenvalue weighted by Gasteiger charge is -2.36. The molecule has 20 heavy (non-hydrogen) atoms. The highest BCUT2D eigenvalue weighted by Gasteiger charge is 2.28. The summed E-state index contributed by atoms with van der Waals surface area (Å²) in [5, 5.41) is 3.27. The van der Waals surface area contributed by atoms with Gasteiger partial charge >= 0.3 is 0 Å². The van der Waals surface area contributed by atoms with Gasteiger partial charge in [0.15, 0.2) is 0 Å². The van der Waals surface area contributed by atoms with Gasteiger partial charge in [-0.05, 0) is 52.6 Å². The fourth-order valence-corrected chi connectivity index (χ4v) is 3.50. The molecular weight excluding hydrogens is 250 g/mol. The van der Waals surface area contributed by atoms with Crippen molar-refractivity contribution in [2.75, 3.05) is 19.6 Å². The van der Waals surface area contributed by atoms with E-state index < -0.39 is 0 Å². The predicted molar refractivity (Wildman–Crippen MR) is 82.4 cm³/mol. The van der Waals surface area contributed by atoms with Gasteiger partial charge in [-0.25, -0.2) is 0 Å². The molecule has 4 heteroatoms. The van der Waals surface area contributed by atoms with Crippen LogP contribution in [0.25, 0.3) is 0 Å². The molecule has 0 aromatic heterocycles. The molecule has 0 spiro atoms. The van der Waals surface area contributed by atoms with E-state index in [0.717, 1.165) is 32.5 Å². The van der Waals surface area contributed by atoms with Gasteiger partial charge < -0.3 is 16.0 Å². The minimum atomic E-state index is -0.142. The predicted octanol–water partition coefficient (Wildman–Crippen LogP) is 1.88. The standard InChI is InChI=1S/C16H31N3O/c1-16(2,17)12-19-10-8-13(9-11-19)15(20)18-14-6-4-3-5-7-14/h13-14H,3-12,17H2,1-2H3,(H,18,20). The lowest BCUT2D eigenvalue weighted by Crippen LogP contribution is -2.50. The Kier molecular flexibility index (Phi) is 5.44. The van der Waals surface area contributed by atoms with Gasteiger partial charge in [0.1, 0.15) is 0 Å². The highest BCUT2D eigenvalue weighted by molar-refractivity contribution is 5.79. The number of amides is 1. The van der Waals surface area contributed by atoms with Gasteiger partial charge in [-0.1, -0.05) is 19.3 Å². The van der Waals surface area contributed by atoms with Gasteiger partial charge in [0.2, 0.25) is 5.91 Å². The van der Waals surface area contributed by atoms with Gasteiger partial charge in [-0.15, -0.1) is 0 Å². The van der Waals surface area contributed by atoms with Gasteiger partial charge in [0.05, 0.1) is 0 Å². The van der Waals surface area contributed by atoms with Gasteiger partial charge in [0, 0.05) is 24.0 Å². The van der Waals surface area contributed by atoms with Crippen LogP contribution < -0.4 is 11.1 Å². The summed E-state index contributed by atoms with van der Waals surface area (Å²) in [6, 6.07) is 0.442. The Morgan fingerprint density at radius 3 is 2.30 bits per heavy atom. The maximum atomic E-state index is 12.3. The molecule has 0 radical (unpaired) electrons. The second-order valence-electron chi connectivity index (χ2n) is 7.38. The van der Waals surface area contributed by atoms with Crippen molar-refractivity contribution >= 4 is 5.91 Å². The maximum absolute atomic E-state index is 12.3. The molecule has 2 rings (SSSR count). The molecule has 0 bridgehead atoms. The Balaban J connectivity index is 1.71. The minimum absolute atomic E-state index is 0.142. The zero-order chi connectivity index (χ0) is 14.6. The van der Waals surface area contributed by atoms with Crippen molar-refractivity contribution in [2.24, 2.45) is 11.7 Å². The quantitative estimate of drug-likeness (QED) is 0.827. The molecule has 2 fully saturated rings. The maximum Gasteiger partial charge on any atom is 0.223 e. The van der Waals surface area contributed by atoms with Crippen molar-refractivity contribution < 1.29 is 4.79 Å². The molecule has 4 nitrogen and oxygen atoms in total. The van der Waals surface area contributed by atoms with Crippen LogP contribution in [0.5, 0.6) is 0 Å². The number of hydrogen-bond acceptors (Lipinski definition) is 3. The summed E-state index contributed by atoms with van der Waals surface area (Å²) in [4.78, 5) is 14.7. The van der Waals surface area contributed by atoms with Crippen LogP contribution >= 0.6 is 0 Å². The molecule has 1 saturated heterocycles. The minimum Gasteiger partial charge on any atom is -0.353 e. The summed E-state index contributed by atoms with van der Waals surface area (Å²) >= 11 is 0. The fourth-order valence-electron chi connectivity index (χ4n) is 3.50. The van der Waals surface area contributed by atoms with Gasteiger partial charge in [0.25, 0.3) is 0 Å². The molecule has 0 aromatic rings. The van der Waals surface area contributed by atoms with Crippen LogP contribution in [0, 0.1) is 5.92 Å². The van der Waals surface area contributed by atoms with Crippen LogP contribution in [-0.2, 0) is 4.79 Å². The lowest BCUT2D eigenvalue weighted by molar-refractivity contribution is -0.127. The number of carbonyl (C=O) groups is 1. The highest BCUT2D eigenvalue weighted by Crippen LogP contribution is 2.21. The number of piperidine rings is 1. The van der Waals surface area contributed by atoms with Crippen LogP contribution in [-0.4, -0.2) is 42.0 Å². The van der Waals surface area contributed by atoms with Crippen LogP contribution in [0.3, 0.4) is 0 Å². The SMILES string of the molecule is CC(C)(N)CN1CCC(C(=O)NC2CCCCC2)CC1. The summed E-state index contributed by atoms with van der Waals surface area (Å²) in [6.07, 6.45) is 8.19. The smallest absolute Gasteiger partial charge is 0.223 e. The number of rotatable bonds is 4. The van der Waals surface area contributed by atoms with Crippen LogP contribution in [0.1, 0.15) is 58.8 Å². The van der Waals surface area contributed by atoms with Crippen molar-refractivity contribution in [2.45, 2.75) is 70.4 Å². The van der Waals surface area contributed by atoms with E-state index in [0.29, 0.717) is 11.9 Å². The number of hydrogen-bond donors (Lipinski definition) is 2. The van der Waals surface area contributed by atoms with E-state index in [4.69, 9.17) is 5.73 Å². The van der Waals surface area contributed by atoms with Crippen LogP contribution in [0.15, 0.2) is 0 Å². The molecule has 1 aliphatic heterocycles. The monoisotopic (exact) mass is 281 g/mol. The van der Waals surface area contributed by atoms with Gasteiger partial charge in [-0.2, -0.15) is 0 Å². The van der Waals surface area contributed by atoms with Gasteiger partial charge in [-0.3, -0.25) is 4.79 Å². The van der Waals surface area contributed by atoms with Crippen molar-refractivity contribution in [3.05, 3.63) is 0 Å². The summed E-state index contributed by atoms with van der Waals surface area (Å²) in [5.41, 5.74) is 5.92. The average Bonchev–Trinajstić information content (AvgIpc) is 2.39. The topological polar surface area (TPSA) is 58.4 Å². The number of carbonyl (C=O) groups excluding carboxylic acids is 1. The first-order chi connectivity index (χ1) is 9.44. The molecule has 0 atom stereocenters. The zero-order valence-corrected chi connectivity index (χ0v) is 13.2. The number of nitrogens with one attached hydrogen (secondary N) is 1. The third kappa shape index (κ3) is 5.06. The van der Waals surface area contributed by atoms with E-state index >= 15 is 0 Å². The Bertz CT molecular complexity index is 310. The van der Waals surface area contributed by atoms with E-state index in [1.165, 1.54) is 32.1 Å². The van der Waals surface area contributed by atoms with E-state index in [9.17, 15) is 4.79 Å². The summed E-state index contributed by atoms with van der Waals surface area (Å²) < 4.78 is 0. The summed E-state index contributed by atoms with van der Waals surface area (Å²) in [5.74, 6) is 0.512. The zero-order valence-electron chi connectivity index (χ0n) is 13.2. The van der Waals surface area contributed by atoms with Crippen LogP contribution in [0.4, 0.5) is 0 Å². The second kappa shape index (κ2) is 6.90. The second-order valence-corrected chi connectivity index (χ2v) is 7.38. The fraction of sp³-hybridized carbons (Fsp3) is 0.938. The first-order valence-corrected chi connectivity index (χ1v) is 8.26. The highest BCUT2D eigenvalue weighted by atomic mass is 16.1. The molecule has 2 aliphatic rings. The summed E-state index contributed by atoms with van der Waals surface area (Å²) in [7, 11) is 0. The van der Waals surface area contributed by atoms with Crippen molar-refractivity contribution in [3.63, 3.8) is 0 Å². The molecule has 1 heterocycles. The summed E-state index contributed by atoms with van der Waals surface area (Å²) in [6.45, 7) is 7.06. The third-order valence-corrected chi connectivity index (χ3v) is 4.54. The largest absolute Gasteiger partial charge is 0.353 e. The average molecular weight is 281 g/mol. The number of likely N-dealkylation sites (tertiary alicyclic amines) is 1. The Labute approximate surface area is 123 Å². The van der Waals surface area contributed by atoms with Crippen LogP contribution in [0.2, 0.25) is 0 Å². The molecule has 1 saturated carbocycles. The van der Waals surface area contributed by atoms with E-state index in [2.05, 4.69) is 24.1 Å². The molecule has 1 aliphatic carbocycles. The lowest BCUT2D eigenvalue weighted by atomic mass is 9.92. The first kappa shape index (κ1) is 15.8. The van der Waals surface area contributed by atoms with Crippen molar-refractivity contribution in [1.82, 2.24) is 10.2 Å². The molecular formula is C16H31N3O. The molecule has 116 valence electrons. The van der Waals surface area contributed by atoms with Crippen molar-refractivity contribution in [3.8, 4) is 0 Å². The molecule has 1 amide bonds. The molecule has 3 N–H and O–H groups in total.